The van der Waals surface area contributed by atoms with Crippen LogP contribution in [0.2, 0.25) is 0 Å². The van der Waals surface area contributed by atoms with Crippen molar-refractivity contribution in [3.63, 3.8) is 0 Å². The number of rotatable bonds is 5. The molecular weight excluding hydrogens is 220 g/mol. The van der Waals surface area contributed by atoms with Crippen LogP contribution in [0, 0.1) is 5.92 Å². The predicted molar refractivity (Wildman–Crippen MR) is 76.9 cm³/mol. The van der Waals surface area contributed by atoms with Crippen molar-refractivity contribution in [2.75, 3.05) is 11.9 Å². The van der Waals surface area contributed by atoms with Crippen molar-refractivity contribution < 1.29 is 0 Å². The molecule has 1 atom stereocenters. The lowest BCUT2D eigenvalue weighted by molar-refractivity contribution is 0.487. The van der Waals surface area contributed by atoms with Gasteiger partial charge in [0, 0.05) is 24.8 Å². The van der Waals surface area contributed by atoms with Crippen LogP contribution in [0.25, 0.3) is 0 Å². The van der Waals surface area contributed by atoms with E-state index < -0.39 is 0 Å². The summed E-state index contributed by atoms with van der Waals surface area (Å²) in [6.07, 6.45) is 6.75. The van der Waals surface area contributed by atoms with E-state index >= 15 is 0 Å². The third-order valence-corrected chi connectivity index (χ3v) is 4.19. The van der Waals surface area contributed by atoms with Gasteiger partial charge in [-0.2, -0.15) is 0 Å². The Balaban J connectivity index is 1.61. The second-order valence-electron chi connectivity index (χ2n) is 5.94. The molecule has 0 amide bonds. The van der Waals surface area contributed by atoms with Crippen molar-refractivity contribution in [1.82, 2.24) is 5.32 Å². The molecule has 1 saturated carbocycles. The van der Waals surface area contributed by atoms with Crippen LogP contribution in [0.4, 0.5) is 5.69 Å². The zero-order valence-electron chi connectivity index (χ0n) is 11.3. The minimum absolute atomic E-state index is 0.650. The third-order valence-electron chi connectivity index (χ3n) is 4.19. The van der Waals surface area contributed by atoms with Crippen LogP contribution in [0.1, 0.15) is 43.7 Å². The first-order valence-corrected chi connectivity index (χ1v) is 7.41. The van der Waals surface area contributed by atoms with Crippen molar-refractivity contribution in [1.29, 1.82) is 0 Å². The average molecular weight is 244 g/mol. The third kappa shape index (κ3) is 2.86. The van der Waals surface area contributed by atoms with Crippen LogP contribution >= 0.6 is 0 Å². The number of nitrogens with one attached hydrogen (secondary N) is 2. The molecule has 1 fully saturated rings. The minimum atomic E-state index is 0.650. The highest BCUT2D eigenvalue weighted by Crippen LogP contribution is 2.33. The predicted octanol–water partition coefficient (Wildman–Crippen LogP) is 3.32. The molecule has 18 heavy (non-hydrogen) atoms. The van der Waals surface area contributed by atoms with E-state index in [1.54, 1.807) is 0 Å². The maximum atomic E-state index is 3.68. The Morgan fingerprint density at radius 2 is 2.28 bits per heavy atom. The standard InChI is InChI=1S/C16H24N2/c1-12(10-13-7-8-13)18-11-15-5-2-4-14-6-3-9-17-16(14)15/h2,4-5,12-13,17-18H,3,6-11H2,1H3. The van der Waals surface area contributed by atoms with E-state index in [0.29, 0.717) is 6.04 Å². The highest BCUT2D eigenvalue weighted by atomic mass is 14.9. The molecule has 0 spiro atoms. The quantitative estimate of drug-likeness (QED) is 0.830. The van der Waals surface area contributed by atoms with Gasteiger partial charge in [-0.15, -0.1) is 0 Å². The molecule has 1 heterocycles. The molecule has 1 aromatic carbocycles. The Morgan fingerprint density at radius 1 is 1.39 bits per heavy atom. The Labute approximate surface area is 110 Å². The number of fused-ring (bicyclic) bond motifs is 1. The lowest BCUT2D eigenvalue weighted by Crippen LogP contribution is -2.27. The summed E-state index contributed by atoms with van der Waals surface area (Å²) in [6.45, 7) is 4.45. The van der Waals surface area contributed by atoms with E-state index in [2.05, 4.69) is 35.8 Å². The summed E-state index contributed by atoms with van der Waals surface area (Å²) in [4.78, 5) is 0. The van der Waals surface area contributed by atoms with E-state index in [1.165, 1.54) is 48.9 Å². The minimum Gasteiger partial charge on any atom is -0.385 e. The van der Waals surface area contributed by atoms with E-state index in [1.807, 2.05) is 0 Å². The van der Waals surface area contributed by atoms with Crippen molar-refractivity contribution in [2.45, 2.75) is 51.6 Å². The molecule has 2 nitrogen and oxygen atoms in total. The van der Waals surface area contributed by atoms with Gasteiger partial charge in [-0.05, 0) is 43.2 Å². The lowest BCUT2D eigenvalue weighted by atomic mass is 9.99. The summed E-state index contributed by atoms with van der Waals surface area (Å²) in [5, 5.41) is 7.25. The Bertz CT molecular complexity index is 410. The molecule has 2 N–H and O–H groups in total. The zero-order valence-corrected chi connectivity index (χ0v) is 11.3. The van der Waals surface area contributed by atoms with Crippen LogP contribution in [-0.4, -0.2) is 12.6 Å². The van der Waals surface area contributed by atoms with Crippen molar-refractivity contribution >= 4 is 5.69 Å². The first kappa shape index (κ1) is 12.0. The summed E-state index contributed by atoms with van der Waals surface area (Å²) in [5.41, 5.74) is 4.33. The second-order valence-corrected chi connectivity index (χ2v) is 5.94. The van der Waals surface area contributed by atoms with Gasteiger partial charge in [0.15, 0.2) is 0 Å². The highest BCUT2D eigenvalue weighted by molar-refractivity contribution is 5.59. The van der Waals surface area contributed by atoms with Gasteiger partial charge in [-0.3, -0.25) is 0 Å². The Kier molecular flexibility index (Phi) is 3.55. The maximum Gasteiger partial charge on any atom is 0.0418 e. The summed E-state index contributed by atoms with van der Waals surface area (Å²) < 4.78 is 0. The normalized spacial score (nSPS) is 20.1. The van der Waals surface area contributed by atoms with Crippen molar-refractivity contribution in [3.05, 3.63) is 29.3 Å². The number of para-hydroxylation sites is 1. The monoisotopic (exact) mass is 244 g/mol. The maximum absolute atomic E-state index is 3.68. The highest BCUT2D eigenvalue weighted by Gasteiger charge is 2.23. The largest absolute Gasteiger partial charge is 0.385 e. The fourth-order valence-corrected chi connectivity index (χ4v) is 2.95. The molecule has 2 aliphatic rings. The molecule has 1 unspecified atom stereocenters. The zero-order chi connectivity index (χ0) is 12.4. The van der Waals surface area contributed by atoms with Crippen LogP contribution in [0.15, 0.2) is 18.2 Å². The van der Waals surface area contributed by atoms with Gasteiger partial charge < -0.3 is 10.6 Å². The van der Waals surface area contributed by atoms with Gasteiger partial charge in [0.2, 0.25) is 0 Å². The van der Waals surface area contributed by atoms with E-state index in [-0.39, 0.29) is 0 Å². The molecule has 0 bridgehead atoms. The second kappa shape index (κ2) is 5.31. The number of benzene rings is 1. The molecule has 1 aliphatic heterocycles. The Hall–Kier alpha value is -1.02. The lowest BCUT2D eigenvalue weighted by Gasteiger charge is -2.22. The number of aryl methyl sites for hydroxylation is 1. The summed E-state index contributed by atoms with van der Waals surface area (Å²) >= 11 is 0. The van der Waals surface area contributed by atoms with Gasteiger partial charge >= 0.3 is 0 Å². The number of hydrogen-bond acceptors (Lipinski definition) is 2. The first-order chi connectivity index (χ1) is 8.83. The van der Waals surface area contributed by atoms with E-state index in [9.17, 15) is 0 Å². The SMILES string of the molecule is CC(CC1CC1)NCc1cccc2c1NCCC2. The van der Waals surface area contributed by atoms with Gasteiger partial charge in [-0.25, -0.2) is 0 Å². The van der Waals surface area contributed by atoms with Crippen LogP contribution in [0.3, 0.4) is 0 Å². The molecule has 0 aromatic heterocycles. The Morgan fingerprint density at radius 3 is 3.11 bits per heavy atom. The first-order valence-electron chi connectivity index (χ1n) is 7.41. The van der Waals surface area contributed by atoms with Crippen molar-refractivity contribution in [2.24, 2.45) is 5.92 Å². The molecule has 0 saturated heterocycles. The topological polar surface area (TPSA) is 24.1 Å². The summed E-state index contributed by atoms with van der Waals surface area (Å²) in [5.74, 6) is 1.01. The summed E-state index contributed by atoms with van der Waals surface area (Å²) in [7, 11) is 0. The smallest absolute Gasteiger partial charge is 0.0418 e. The van der Waals surface area contributed by atoms with Gasteiger partial charge in [0.25, 0.3) is 0 Å². The van der Waals surface area contributed by atoms with Gasteiger partial charge in [-0.1, -0.05) is 31.0 Å². The number of anilines is 1. The molecule has 1 aliphatic carbocycles. The van der Waals surface area contributed by atoms with E-state index in [0.717, 1.165) is 19.0 Å². The van der Waals surface area contributed by atoms with Crippen LogP contribution in [-0.2, 0) is 13.0 Å². The van der Waals surface area contributed by atoms with Crippen molar-refractivity contribution in [3.8, 4) is 0 Å². The fourth-order valence-electron chi connectivity index (χ4n) is 2.95. The molecular formula is C16H24N2. The molecule has 98 valence electrons. The van der Waals surface area contributed by atoms with Gasteiger partial charge in [0.05, 0.1) is 0 Å². The summed E-state index contributed by atoms with van der Waals surface area (Å²) in [6, 6.07) is 7.37. The fraction of sp³-hybridized carbons (Fsp3) is 0.625. The van der Waals surface area contributed by atoms with E-state index in [4.69, 9.17) is 0 Å². The molecule has 2 heteroatoms. The van der Waals surface area contributed by atoms with Crippen LogP contribution < -0.4 is 10.6 Å². The molecule has 3 rings (SSSR count). The van der Waals surface area contributed by atoms with Gasteiger partial charge in [0.1, 0.15) is 0 Å². The van der Waals surface area contributed by atoms with Crippen LogP contribution in [0.5, 0.6) is 0 Å². The average Bonchev–Trinajstić information content (AvgIpc) is 3.20. The molecule has 0 radical (unpaired) electrons. The number of hydrogen-bond donors (Lipinski definition) is 2. The molecule has 1 aromatic rings.